The fraction of sp³-hybridized carbons (Fsp3) is 0.333. The lowest BCUT2D eigenvalue weighted by atomic mass is 10.2. The van der Waals surface area contributed by atoms with Gasteiger partial charge in [-0.15, -0.1) is 0 Å². The van der Waals surface area contributed by atoms with E-state index >= 15 is 0 Å². The molecule has 10 heteroatoms. The molecule has 164 valence electrons. The molecule has 1 aromatic carbocycles. The number of carbonyl (C=O) groups excluding carboxylic acids is 3. The van der Waals surface area contributed by atoms with Gasteiger partial charge in [0.25, 0.3) is 11.8 Å². The van der Waals surface area contributed by atoms with Gasteiger partial charge in [0.05, 0.1) is 24.2 Å². The number of carbonyl (C=O) groups is 3. The first-order chi connectivity index (χ1) is 14.8. The number of fused-ring (bicyclic) bond motifs is 1. The highest BCUT2D eigenvalue weighted by atomic mass is 35.5. The molecule has 0 saturated heterocycles. The number of amides is 3. The van der Waals surface area contributed by atoms with Crippen molar-refractivity contribution in [2.24, 2.45) is 7.05 Å². The van der Waals surface area contributed by atoms with Gasteiger partial charge < -0.3 is 24.8 Å². The van der Waals surface area contributed by atoms with E-state index < -0.39 is 0 Å². The average Bonchev–Trinajstić information content (AvgIpc) is 2.74. The summed E-state index contributed by atoms with van der Waals surface area (Å²) in [6.07, 6.45) is 1.86. The van der Waals surface area contributed by atoms with Gasteiger partial charge in [-0.05, 0) is 30.7 Å². The fourth-order valence-corrected chi connectivity index (χ4v) is 3.28. The molecule has 2 N–H and O–H groups in total. The molecule has 0 spiro atoms. The van der Waals surface area contributed by atoms with Crippen LogP contribution < -0.4 is 20.9 Å². The Morgan fingerprint density at radius 3 is 2.68 bits per heavy atom. The van der Waals surface area contributed by atoms with Gasteiger partial charge in [-0.2, -0.15) is 0 Å². The number of nitrogens with zero attached hydrogens (tertiary/aromatic N) is 2. The lowest BCUT2D eigenvalue weighted by molar-refractivity contribution is -0.121. The fourth-order valence-electron chi connectivity index (χ4n) is 3.11. The number of hydrogen-bond donors (Lipinski definition) is 2. The minimum Gasteiger partial charge on any atom is -0.491 e. The van der Waals surface area contributed by atoms with Crippen molar-refractivity contribution in [1.82, 2.24) is 20.1 Å². The summed E-state index contributed by atoms with van der Waals surface area (Å²) in [5.74, 6) is -0.675. The maximum absolute atomic E-state index is 12.9. The number of hydrogen-bond acceptors (Lipinski definition) is 5. The van der Waals surface area contributed by atoms with Gasteiger partial charge in [0.2, 0.25) is 11.5 Å². The predicted molar refractivity (Wildman–Crippen MR) is 114 cm³/mol. The van der Waals surface area contributed by atoms with Crippen molar-refractivity contribution in [2.45, 2.75) is 6.42 Å². The second kappa shape index (κ2) is 10.1. The highest BCUT2D eigenvalue weighted by Gasteiger charge is 2.20. The maximum atomic E-state index is 12.9. The van der Waals surface area contributed by atoms with Gasteiger partial charge in [-0.25, -0.2) is 0 Å². The molecule has 2 heterocycles. The largest absolute Gasteiger partial charge is 0.491 e. The number of pyridine rings is 1. The SMILES string of the molecule is Cn1cc(C(=O)N2CCCNC(=O)c3cc(Cl)ccc3OCCNC(=O)C2)ccc1=O. The molecule has 0 aliphatic carbocycles. The summed E-state index contributed by atoms with van der Waals surface area (Å²) in [4.78, 5) is 50.8. The van der Waals surface area contributed by atoms with E-state index in [1.807, 2.05) is 0 Å². The molecule has 1 aliphatic heterocycles. The highest BCUT2D eigenvalue weighted by Crippen LogP contribution is 2.23. The first kappa shape index (κ1) is 22.4. The maximum Gasteiger partial charge on any atom is 0.255 e. The van der Waals surface area contributed by atoms with Gasteiger partial charge in [0.1, 0.15) is 12.4 Å². The van der Waals surface area contributed by atoms with Crippen molar-refractivity contribution in [2.75, 3.05) is 32.8 Å². The standard InChI is InChI=1S/C21H23ClN4O5/c1-25-12-14(3-6-19(25)28)21(30)26-9-2-7-24-20(29)16-11-15(22)4-5-17(16)31-10-8-23-18(27)13-26/h3-6,11-12H,2,7-10,13H2,1H3,(H,23,27)(H,24,29). The van der Waals surface area contributed by atoms with Crippen LogP contribution in [-0.4, -0.2) is 60.0 Å². The third kappa shape index (κ3) is 5.85. The van der Waals surface area contributed by atoms with Crippen molar-refractivity contribution < 1.29 is 19.1 Å². The van der Waals surface area contributed by atoms with Crippen molar-refractivity contribution in [3.63, 3.8) is 0 Å². The number of ether oxygens (including phenoxy) is 1. The molecule has 0 saturated carbocycles. The molecule has 0 radical (unpaired) electrons. The third-order valence-corrected chi connectivity index (χ3v) is 4.95. The Hall–Kier alpha value is -3.33. The second-order valence-electron chi connectivity index (χ2n) is 7.04. The zero-order valence-corrected chi connectivity index (χ0v) is 17.8. The van der Waals surface area contributed by atoms with E-state index in [-0.39, 0.29) is 56.1 Å². The first-order valence-electron chi connectivity index (χ1n) is 9.78. The van der Waals surface area contributed by atoms with Crippen LogP contribution in [0.15, 0.2) is 41.3 Å². The molecule has 0 bridgehead atoms. The molecule has 0 atom stereocenters. The van der Waals surface area contributed by atoms with Gasteiger partial charge in [-0.1, -0.05) is 11.6 Å². The molecule has 2 aromatic rings. The van der Waals surface area contributed by atoms with Crippen LogP contribution in [0.2, 0.25) is 5.02 Å². The van der Waals surface area contributed by atoms with Gasteiger partial charge in [0, 0.05) is 37.4 Å². The van der Waals surface area contributed by atoms with Crippen molar-refractivity contribution >= 4 is 29.3 Å². The monoisotopic (exact) mass is 446 g/mol. The quantitative estimate of drug-likeness (QED) is 0.673. The highest BCUT2D eigenvalue weighted by molar-refractivity contribution is 6.31. The van der Waals surface area contributed by atoms with Crippen LogP contribution in [0.1, 0.15) is 27.1 Å². The lowest BCUT2D eigenvalue weighted by Gasteiger charge is -2.23. The van der Waals surface area contributed by atoms with Gasteiger partial charge >= 0.3 is 0 Å². The van der Waals surface area contributed by atoms with Crippen LogP contribution in [-0.2, 0) is 11.8 Å². The van der Waals surface area contributed by atoms with E-state index in [1.165, 1.54) is 33.9 Å². The van der Waals surface area contributed by atoms with E-state index in [0.29, 0.717) is 28.3 Å². The summed E-state index contributed by atoms with van der Waals surface area (Å²) in [5, 5.41) is 5.90. The minimum atomic E-state index is -0.377. The number of rotatable bonds is 1. The number of benzene rings is 1. The smallest absolute Gasteiger partial charge is 0.255 e. The van der Waals surface area contributed by atoms with E-state index in [9.17, 15) is 19.2 Å². The summed E-state index contributed by atoms with van der Waals surface area (Å²) in [5.41, 5.74) is 0.361. The van der Waals surface area contributed by atoms with Crippen LogP contribution in [0.3, 0.4) is 0 Å². The molecule has 31 heavy (non-hydrogen) atoms. The number of halogens is 1. The molecule has 9 nitrogen and oxygen atoms in total. The Morgan fingerprint density at radius 1 is 1.10 bits per heavy atom. The van der Waals surface area contributed by atoms with Crippen molar-refractivity contribution in [3.05, 3.63) is 63.0 Å². The average molecular weight is 447 g/mol. The Kier molecular flexibility index (Phi) is 7.30. The van der Waals surface area contributed by atoms with E-state index in [0.717, 1.165) is 0 Å². The summed E-state index contributed by atoms with van der Waals surface area (Å²) in [6.45, 7) is 0.715. The normalized spacial score (nSPS) is 15.7. The number of aryl methyl sites for hydroxylation is 1. The van der Waals surface area contributed by atoms with Crippen LogP contribution in [0.25, 0.3) is 0 Å². The Bertz CT molecular complexity index is 1050. The second-order valence-corrected chi connectivity index (χ2v) is 7.48. The Labute approximate surface area is 183 Å². The van der Waals surface area contributed by atoms with Crippen LogP contribution in [0.5, 0.6) is 5.75 Å². The topological polar surface area (TPSA) is 110 Å². The summed E-state index contributed by atoms with van der Waals surface area (Å²) in [6, 6.07) is 7.49. The van der Waals surface area contributed by atoms with E-state index in [2.05, 4.69) is 10.6 Å². The molecule has 1 aromatic heterocycles. The van der Waals surface area contributed by atoms with Gasteiger partial charge in [0.15, 0.2) is 0 Å². The molecule has 3 amide bonds. The molecular formula is C21H23ClN4O5. The Balaban J connectivity index is 1.76. The summed E-state index contributed by atoms with van der Waals surface area (Å²) >= 11 is 6.01. The van der Waals surface area contributed by atoms with Crippen molar-refractivity contribution in [3.8, 4) is 5.75 Å². The predicted octanol–water partition coefficient (Wildman–Crippen LogP) is 0.810. The zero-order chi connectivity index (χ0) is 22.4. The zero-order valence-electron chi connectivity index (χ0n) is 17.0. The van der Waals surface area contributed by atoms with Gasteiger partial charge in [-0.3, -0.25) is 19.2 Å². The summed E-state index contributed by atoms with van der Waals surface area (Å²) < 4.78 is 6.93. The third-order valence-electron chi connectivity index (χ3n) is 4.71. The molecular weight excluding hydrogens is 424 g/mol. The summed E-state index contributed by atoms with van der Waals surface area (Å²) in [7, 11) is 1.55. The molecule has 0 unspecified atom stereocenters. The van der Waals surface area contributed by atoms with Crippen molar-refractivity contribution in [1.29, 1.82) is 0 Å². The van der Waals surface area contributed by atoms with E-state index in [1.54, 1.807) is 19.2 Å². The minimum absolute atomic E-state index is 0.141. The van der Waals surface area contributed by atoms with Crippen LogP contribution in [0, 0.1) is 0 Å². The molecule has 0 fully saturated rings. The van der Waals surface area contributed by atoms with Crippen LogP contribution in [0.4, 0.5) is 0 Å². The number of nitrogens with one attached hydrogen (secondary N) is 2. The van der Waals surface area contributed by atoms with E-state index in [4.69, 9.17) is 16.3 Å². The lowest BCUT2D eigenvalue weighted by Crippen LogP contribution is -2.43. The Morgan fingerprint density at radius 2 is 1.90 bits per heavy atom. The molecule has 1 aliphatic rings. The van der Waals surface area contributed by atoms with Crippen LogP contribution >= 0.6 is 11.6 Å². The number of aromatic nitrogens is 1. The first-order valence-corrected chi connectivity index (χ1v) is 10.2. The molecule has 3 rings (SSSR count).